The maximum absolute atomic E-state index is 12.3. The molecular weight excluding hydrogens is 299 g/mol. The van der Waals surface area contributed by atoms with Gasteiger partial charge in [0.15, 0.2) is 0 Å². The standard InChI is InChI=1S/C14H14Cl2N2O2/c1-2-4-11-12(16)17-14(20)18(13(11)19)8-9-5-3-6-10(15)7-9/h3,5-7H,2,4,8H2,1H3,(H,17,20). The van der Waals surface area contributed by atoms with Gasteiger partial charge in [0.1, 0.15) is 5.15 Å². The second-order valence-electron chi connectivity index (χ2n) is 4.49. The van der Waals surface area contributed by atoms with Gasteiger partial charge in [0.25, 0.3) is 5.56 Å². The minimum atomic E-state index is -0.514. The van der Waals surface area contributed by atoms with Gasteiger partial charge in [-0.1, -0.05) is 48.7 Å². The van der Waals surface area contributed by atoms with Crippen molar-refractivity contribution in [3.8, 4) is 0 Å². The molecule has 0 radical (unpaired) electrons. The monoisotopic (exact) mass is 312 g/mol. The molecule has 106 valence electrons. The van der Waals surface area contributed by atoms with Gasteiger partial charge in [0.05, 0.1) is 12.1 Å². The van der Waals surface area contributed by atoms with Crippen molar-refractivity contribution in [2.75, 3.05) is 0 Å². The average molecular weight is 313 g/mol. The highest BCUT2D eigenvalue weighted by Crippen LogP contribution is 2.12. The predicted octanol–water partition coefficient (Wildman–Crippen LogP) is 2.84. The summed E-state index contributed by atoms with van der Waals surface area (Å²) in [5.74, 6) is 0. The summed E-state index contributed by atoms with van der Waals surface area (Å²) < 4.78 is 1.14. The first-order valence-corrected chi connectivity index (χ1v) is 7.04. The summed E-state index contributed by atoms with van der Waals surface area (Å²) in [5.41, 5.74) is 0.367. The lowest BCUT2D eigenvalue weighted by atomic mass is 10.2. The van der Waals surface area contributed by atoms with Crippen LogP contribution in [0.3, 0.4) is 0 Å². The maximum atomic E-state index is 12.3. The van der Waals surface area contributed by atoms with E-state index in [1.165, 1.54) is 0 Å². The van der Waals surface area contributed by atoms with Gasteiger partial charge in [-0.2, -0.15) is 0 Å². The van der Waals surface area contributed by atoms with E-state index < -0.39 is 5.69 Å². The molecule has 1 heterocycles. The number of nitrogens with one attached hydrogen (secondary N) is 1. The van der Waals surface area contributed by atoms with E-state index in [0.717, 1.165) is 16.6 Å². The summed E-state index contributed by atoms with van der Waals surface area (Å²) >= 11 is 11.8. The Bertz CT molecular complexity index is 735. The van der Waals surface area contributed by atoms with E-state index in [9.17, 15) is 9.59 Å². The number of benzene rings is 1. The number of nitrogens with zero attached hydrogens (tertiary/aromatic N) is 1. The molecule has 0 saturated heterocycles. The third-order valence-electron chi connectivity index (χ3n) is 2.96. The third kappa shape index (κ3) is 3.14. The van der Waals surface area contributed by atoms with Crippen LogP contribution in [0, 0.1) is 0 Å². The molecule has 0 aliphatic carbocycles. The molecule has 0 aliphatic rings. The summed E-state index contributed by atoms with van der Waals surface area (Å²) in [6.07, 6.45) is 1.31. The Labute approximate surface area is 126 Å². The molecule has 4 nitrogen and oxygen atoms in total. The zero-order valence-corrected chi connectivity index (χ0v) is 12.5. The Balaban J connectivity index is 2.49. The minimum absolute atomic E-state index is 0.129. The summed E-state index contributed by atoms with van der Waals surface area (Å²) in [5, 5.41) is 0.693. The summed E-state index contributed by atoms with van der Waals surface area (Å²) in [6, 6.07) is 7.05. The lowest BCUT2D eigenvalue weighted by Gasteiger charge is -2.09. The molecule has 0 bridgehead atoms. The highest BCUT2D eigenvalue weighted by molar-refractivity contribution is 6.30. The number of rotatable bonds is 4. The van der Waals surface area contributed by atoms with Gasteiger partial charge in [0, 0.05) is 5.02 Å². The number of halogens is 2. The zero-order valence-electron chi connectivity index (χ0n) is 11.0. The molecule has 0 saturated carbocycles. The number of H-pyrrole nitrogens is 1. The molecule has 0 atom stereocenters. The normalized spacial score (nSPS) is 10.8. The van der Waals surface area contributed by atoms with Crippen LogP contribution in [-0.2, 0) is 13.0 Å². The van der Waals surface area contributed by atoms with E-state index in [1.54, 1.807) is 18.2 Å². The van der Waals surface area contributed by atoms with Gasteiger partial charge >= 0.3 is 5.69 Å². The molecule has 0 aliphatic heterocycles. The van der Waals surface area contributed by atoms with Gasteiger partial charge in [-0.15, -0.1) is 0 Å². The quantitative estimate of drug-likeness (QED) is 0.883. The molecule has 0 spiro atoms. The van der Waals surface area contributed by atoms with E-state index in [4.69, 9.17) is 23.2 Å². The Morgan fingerprint density at radius 2 is 2.00 bits per heavy atom. The minimum Gasteiger partial charge on any atom is -0.297 e. The van der Waals surface area contributed by atoms with Gasteiger partial charge in [-0.3, -0.25) is 14.3 Å². The van der Waals surface area contributed by atoms with E-state index in [0.29, 0.717) is 17.0 Å². The molecule has 6 heteroatoms. The Morgan fingerprint density at radius 3 is 2.65 bits per heavy atom. The van der Waals surface area contributed by atoms with Crippen molar-refractivity contribution in [1.29, 1.82) is 0 Å². The van der Waals surface area contributed by atoms with Crippen molar-refractivity contribution in [1.82, 2.24) is 9.55 Å². The smallest absolute Gasteiger partial charge is 0.297 e. The first-order valence-electron chi connectivity index (χ1n) is 6.29. The summed E-state index contributed by atoms with van der Waals surface area (Å²) in [4.78, 5) is 26.7. The molecule has 1 N–H and O–H groups in total. The lowest BCUT2D eigenvalue weighted by molar-refractivity contribution is 0.680. The Kier molecular flexibility index (Phi) is 4.68. The highest BCUT2D eigenvalue weighted by Gasteiger charge is 2.12. The predicted molar refractivity (Wildman–Crippen MR) is 80.9 cm³/mol. The second kappa shape index (κ2) is 6.29. The first kappa shape index (κ1) is 14.9. The molecule has 2 aromatic rings. The van der Waals surface area contributed by atoms with Crippen LogP contribution in [0.1, 0.15) is 24.5 Å². The van der Waals surface area contributed by atoms with E-state index >= 15 is 0 Å². The molecule has 0 amide bonds. The van der Waals surface area contributed by atoms with Crippen molar-refractivity contribution < 1.29 is 0 Å². The van der Waals surface area contributed by atoms with Gasteiger partial charge in [-0.05, 0) is 24.1 Å². The number of aromatic amines is 1. The molecular formula is C14H14Cl2N2O2. The van der Waals surface area contributed by atoms with Crippen LogP contribution in [0.4, 0.5) is 0 Å². The van der Waals surface area contributed by atoms with Crippen LogP contribution >= 0.6 is 23.2 Å². The van der Waals surface area contributed by atoms with Crippen LogP contribution in [0.5, 0.6) is 0 Å². The van der Waals surface area contributed by atoms with Crippen molar-refractivity contribution in [2.45, 2.75) is 26.3 Å². The van der Waals surface area contributed by atoms with Gasteiger partial charge in [0.2, 0.25) is 0 Å². The van der Waals surface area contributed by atoms with E-state index in [-0.39, 0.29) is 17.3 Å². The largest absolute Gasteiger partial charge is 0.329 e. The van der Waals surface area contributed by atoms with Crippen molar-refractivity contribution in [3.05, 3.63) is 66.4 Å². The number of hydrogen-bond acceptors (Lipinski definition) is 2. The van der Waals surface area contributed by atoms with Crippen molar-refractivity contribution in [3.63, 3.8) is 0 Å². The number of aromatic nitrogens is 2. The van der Waals surface area contributed by atoms with Crippen LogP contribution in [0.2, 0.25) is 10.2 Å². The topological polar surface area (TPSA) is 54.9 Å². The van der Waals surface area contributed by atoms with Crippen LogP contribution < -0.4 is 11.2 Å². The molecule has 0 unspecified atom stereocenters. The van der Waals surface area contributed by atoms with E-state index in [1.807, 2.05) is 13.0 Å². The summed E-state index contributed by atoms with van der Waals surface area (Å²) in [6.45, 7) is 2.12. The molecule has 2 rings (SSSR count). The first-order chi connectivity index (χ1) is 9.52. The van der Waals surface area contributed by atoms with Crippen LogP contribution in [0.15, 0.2) is 33.9 Å². The second-order valence-corrected chi connectivity index (χ2v) is 5.31. The SMILES string of the molecule is CCCc1c(Cl)[nH]c(=O)n(Cc2cccc(Cl)c2)c1=O. The highest BCUT2D eigenvalue weighted by atomic mass is 35.5. The van der Waals surface area contributed by atoms with E-state index in [2.05, 4.69) is 4.98 Å². The fourth-order valence-corrected chi connectivity index (χ4v) is 2.48. The van der Waals surface area contributed by atoms with Gasteiger partial charge < -0.3 is 0 Å². The third-order valence-corrected chi connectivity index (χ3v) is 3.52. The van der Waals surface area contributed by atoms with Crippen molar-refractivity contribution in [2.24, 2.45) is 0 Å². The molecule has 1 aromatic carbocycles. The van der Waals surface area contributed by atoms with Crippen LogP contribution in [-0.4, -0.2) is 9.55 Å². The lowest BCUT2D eigenvalue weighted by Crippen LogP contribution is -2.37. The zero-order chi connectivity index (χ0) is 14.7. The van der Waals surface area contributed by atoms with Gasteiger partial charge in [-0.25, -0.2) is 4.79 Å². The fourth-order valence-electron chi connectivity index (χ4n) is 2.01. The Hall–Kier alpha value is -1.52. The molecule has 20 heavy (non-hydrogen) atoms. The maximum Gasteiger partial charge on any atom is 0.329 e. The fraction of sp³-hybridized carbons (Fsp3) is 0.286. The van der Waals surface area contributed by atoms with Crippen LogP contribution in [0.25, 0.3) is 0 Å². The number of hydrogen-bond donors (Lipinski definition) is 1. The van der Waals surface area contributed by atoms with Crippen molar-refractivity contribution >= 4 is 23.2 Å². The summed E-state index contributed by atoms with van der Waals surface area (Å²) in [7, 11) is 0. The average Bonchev–Trinajstić information content (AvgIpc) is 2.39. The molecule has 0 fully saturated rings. The molecule has 1 aromatic heterocycles. The Morgan fingerprint density at radius 1 is 1.25 bits per heavy atom.